The molecule has 1 aromatic carbocycles. The van der Waals surface area contributed by atoms with Crippen LogP contribution in [0.25, 0.3) is 0 Å². The van der Waals surface area contributed by atoms with E-state index in [1.54, 1.807) is 19.1 Å². The van der Waals surface area contributed by atoms with Gasteiger partial charge in [-0.3, -0.25) is 0 Å². The van der Waals surface area contributed by atoms with Crippen LogP contribution in [-0.2, 0) is 10.2 Å². The van der Waals surface area contributed by atoms with Crippen molar-refractivity contribution in [2.75, 3.05) is 16.8 Å². The molecule has 9 heteroatoms. The molecule has 1 unspecified atom stereocenters. The van der Waals surface area contributed by atoms with Crippen LogP contribution in [0.4, 0.5) is 25.3 Å². The third-order valence-corrected chi connectivity index (χ3v) is 5.93. The SMILES string of the molecule is C[C@H](Nc1ncc(F)c(N2C(=O)OCC2[C@@H](C)O)n1)c1ccc(C2(C)CC2)cc1F. The molecule has 2 aromatic rings. The zero-order chi connectivity index (χ0) is 21.6. The Bertz CT molecular complexity index is 981. The Morgan fingerprint density at radius 1 is 1.30 bits per heavy atom. The highest BCUT2D eigenvalue weighted by Gasteiger charge is 2.40. The lowest BCUT2D eigenvalue weighted by atomic mass is 9.95. The quantitative estimate of drug-likeness (QED) is 0.744. The van der Waals surface area contributed by atoms with Crippen molar-refractivity contribution in [2.24, 2.45) is 0 Å². The Morgan fingerprint density at radius 3 is 2.67 bits per heavy atom. The number of carbonyl (C=O) groups excluding carboxylic acids is 1. The summed E-state index contributed by atoms with van der Waals surface area (Å²) in [6.07, 6.45) is 1.29. The Kier molecular flexibility index (Phi) is 5.09. The third-order valence-electron chi connectivity index (χ3n) is 5.93. The molecular weight excluding hydrogens is 394 g/mol. The normalized spacial score (nSPS) is 21.9. The Balaban J connectivity index is 1.57. The summed E-state index contributed by atoms with van der Waals surface area (Å²) < 4.78 is 34.0. The molecule has 4 rings (SSSR count). The van der Waals surface area contributed by atoms with Crippen LogP contribution in [0.2, 0.25) is 0 Å². The number of aromatic nitrogens is 2. The van der Waals surface area contributed by atoms with Crippen molar-refractivity contribution in [2.45, 2.75) is 57.2 Å². The first-order valence-electron chi connectivity index (χ1n) is 9.92. The number of carbonyl (C=O) groups is 1. The van der Waals surface area contributed by atoms with E-state index in [2.05, 4.69) is 22.2 Å². The number of cyclic esters (lactones) is 1. The minimum Gasteiger partial charge on any atom is -0.447 e. The number of benzene rings is 1. The van der Waals surface area contributed by atoms with Crippen LogP contribution in [0, 0.1) is 11.6 Å². The molecule has 3 atom stereocenters. The van der Waals surface area contributed by atoms with Crippen LogP contribution in [-0.4, -0.2) is 39.9 Å². The second-order valence-corrected chi connectivity index (χ2v) is 8.28. The molecule has 1 aromatic heterocycles. The highest BCUT2D eigenvalue weighted by atomic mass is 19.1. The van der Waals surface area contributed by atoms with Gasteiger partial charge in [0.25, 0.3) is 0 Å². The van der Waals surface area contributed by atoms with Crippen molar-refractivity contribution in [3.63, 3.8) is 0 Å². The fourth-order valence-electron chi connectivity index (χ4n) is 3.63. The molecule has 160 valence electrons. The van der Waals surface area contributed by atoms with E-state index in [1.807, 2.05) is 6.07 Å². The van der Waals surface area contributed by atoms with Crippen molar-refractivity contribution >= 4 is 17.9 Å². The van der Waals surface area contributed by atoms with E-state index in [0.29, 0.717) is 5.56 Å². The number of hydrogen-bond donors (Lipinski definition) is 2. The zero-order valence-corrected chi connectivity index (χ0v) is 17.0. The van der Waals surface area contributed by atoms with Crippen LogP contribution in [0.15, 0.2) is 24.4 Å². The van der Waals surface area contributed by atoms with Crippen LogP contribution in [0.1, 0.15) is 50.8 Å². The molecule has 1 aliphatic carbocycles. The highest BCUT2D eigenvalue weighted by molar-refractivity contribution is 5.89. The summed E-state index contributed by atoms with van der Waals surface area (Å²) in [4.78, 5) is 21.0. The third kappa shape index (κ3) is 3.69. The number of amides is 1. The van der Waals surface area contributed by atoms with E-state index in [-0.39, 0.29) is 29.6 Å². The van der Waals surface area contributed by atoms with Crippen LogP contribution in [0.5, 0.6) is 0 Å². The van der Waals surface area contributed by atoms with Crippen molar-refractivity contribution in [3.8, 4) is 0 Å². The number of hydrogen-bond acceptors (Lipinski definition) is 6. The van der Waals surface area contributed by atoms with Gasteiger partial charge in [0.2, 0.25) is 5.95 Å². The molecule has 2 heterocycles. The number of aliphatic hydroxyl groups excluding tert-OH is 1. The molecule has 2 fully saturated rings. The van der Waals surface area contributed by atoms with Gasteiger partial charge < -0.3 is 15.2 Å². The average Bonchev–Trinajstić information content (AvgIpc) is 3.33. The van der Waals surface area contributed by atoms with Gasteiger partial charge in [0.1, 0.15) is 18.5 Å². The molecule has 0 radical (unpaired) electrons. The smallest absolute Gasteiger partial charge is 0.416 e. The summed E-state index contributed by atoms with van der Waals surface area (Å²) in [5.74, 6) is -1.43. The maximum Gasteiger partial charge on any atom is 0.416 e. The number of nitrogens with one attached hydrogen (secondary N) is 1. The highest BCUT2D eigenvalue weighted by Crippen LogP contribution is 2.48. The van der Waals surface area contributed by atoms with Gasteiger partial charge in [0, 0.05) is 5.56 Å². The van der Waals surface area contributed by atoms with E-state index >= 15 is 0 Å². The first kappa shape index (κ1) is 20.5. The van der Waals surface area contributed by atoms with Gasteiger partial charge in [-0.1, -0.05) is 19.1 Å². The molecule has 1 saturated heterocycles. The first-order chi connectivity index (χ1) is 14.2. The average molecular weight is 418 g/mol. The lowest BCUT2D eigenvalue weighted by Gasteiger charge is -2.23. The molecule has 2 N–H and O–H groups in total. The number of aliphatic hydroxyl groups is 1. The van der Waals surface area contributed by atoms with E-state index in [9.17, 15) is 18.7 Å². The summed E-state index contributed by atoms with van der Waals surface area (Å²) in [5, 5.41) is 12.8. The number of halogens is 2. The summed E-state index contributed by atoms with van der Waals surface area (Å²) in [5.41, 5.74) is 1.48. The van der Waals surface area contributed by atoms with E-state index in [0.717, 1.165) is 29.5 Å². The van der Waals surface area contributed by atoms with E-state index < -0.39 is 30.1 Å². The molecular formula is C21H24F2N4O3. The second-order valence-electron chi connectivity index (χ2n) is 8.28. The molecule has 1 amide bonds. The predicted octanol–water partition coefficient (Wildman–Crippen LogP) is 3.69. The Hall–Kier alpha value is -2.81. The van der Waals surface area contributed by atoms with Gasteiger partial charge in [-0.15, -0.1) is 0 Å². The van der Waals surface area contributed by atoms with Gasteiger partial charge in [-0.05, 0) is 43.7 Å². The van der Waals surface area contributed by atoms with Crippen molar-refractivity contribution < 1.29 is 23.4 Å². The minimum atomic E-state index is -0.943. The summed E-state index contributed by atoms with van der Waals surface area (Å²) in [7, 11) is 0. The molecule has 30 heavy (non-hydrogen) atoms. The predicted molar refractivity (Wildman–Crippen MR) is 106 cm³/mol. The van der Waals surface area contributed by atoms with Crippen molar-refractivity contribution in [3.05, 3.63) is 47.2 Å². The fraction of sp³-hybridized carbons (Fsp3) is 0.476. The zero-order valence-electron chi connectivity index (χ0n) is 17.0. The Labute approximate surface area is 173 Å². The molecule has 2 aliphatic rings. The number of anilines is 2. The standard InChI is InChI=1S/C21H24F2N4O3/c1-11(14-5-4-13(8-15(14)22)21(3)6-7-21)25-19-24-9-16(23)18(26-19)27-17(12(2)28)10-30-20(27)29/h4-5,8-9,11-12,17,28H,6-7,10H2,1-3H3,(H,24,25,26)/t11-,12+,17?/m0/s1. The van der Waals surface area contributed by atoms with E-state index in [4.69, 9.17) is 4.74 Å². The molecule has 1 aliphatic heterocycles. The Morgan fingerprint density at radius 2 is 2.03 bits per heavy atom. The van der Waals surface area contributed by atoms with Crippen LogP contribution < -0.4 is 10.2 Å². The largest absolute Gasteiger partial charge is 0.447 e. The van der Waals surface area contributed by atoms with Crippen LogP contribution >= 0.6 is 0 Å². The van der Waals surface area contributed by atoms with Crippen molar-refractivity contribution in [1.82, 2.24) is 9.97 Å². The van der Waals surface area contributed by atoms with Crippen molar-refractivity contribution in [1.29, 1.82) is 0 Å². The minimum absolute atomic E-state index is 0.0283. The van der Waals surface area contributed by atoms with Gasteiger partial charge in [-0.2, -0.15) is 4.98 Å². The summed E-state index contributed by atoms with van der Waals surface area (Å²) in [6, 6.07) is 3.96. The number of rotatable bonds is 6. The lowest BCUT2D eigenvalue weighted by Crippen LogP contribution is -2.42. The van der Waals surface area contributed by atoms with Gasteiger partial charge in [-0.25, -0.2) is 23.5 Å². The maximum atomic E-state index is 14.7. The summed E-state index contributed by atoms with van der Waals surface area (Å²) >= 11 is 0. The van der Waals surface area contributed by atoms with Crippen LogP contribution in [0.3, 0.4) is 0 Å². The number of ether oxygens (including phenoxy) is 1. The molecule has 0 bridgehead atoms. The topological polar surface area (TPSA) is 87.6 Å². The molecule has 7 nitrogen and oxygen atoms in total. The van der Waals surface area contributed by atoms with Gasteiger partial charge in [0.05, 0.1) is 18.3 Å². The number of nitrogens with zero attached hydrogens (tertiary/aromatic N) is 3. The summed E-state index contributed by atoms with van der Waals surface area (Å²) in [6.45, 7) is 5.26. The maximum absolute atomic E-state index is 14.7. The van der Waals surface area contributed by atoms with E-state index in [1.165, 1.54) is 6.92 Å². The molecule has 0 spiro atoms. The van der Waals surface area contributed by atoms with Gasteiger partial charge in [0.15, 0.2) is 11.6 Å². The molecule has 1 saturated carbocycles. The first-order valence-corrected chi connectivity index (χ1v) is 9.92. The monoisotopic (exact) mass is 418 g/mol. The van der Waals surface area contributed by atoms with Gasteiger partial charge >= 0.3 is 6.09 Å². The lowest BCUT2D eigenvalue weighted by molar-refractivity contribution is 0.142. The fourth-order valence-corrected chi connectivity index (χ4v) is 3.63. The second kappa shape index (κ2) is 7.46.